The number of halogens is 1. The number of aliphatic hydroxyl groups is 7. The van der Waals surface area contributed by atoms with Gasteiger partial charge in [0, 0.05) is 12.4 Å². The van der Waals surface area contributed by atoms with E-state index < -0.39 is 80.6 Å². The molecule has 2 fully saturated rings. The van der Waals surface area contributed by atoms with E-state index in [4.69, 9.17) is 25.8 Å². The summed E-state index contributed by atoms with van der Waals surface area (Å²) in [7, 11) is 0. The van der Waals surface area contributed by atoms with Gasteiger partial charge in [-0.2, -0.15) is 5.01 Å². The van der Waals surface area contributed by atoms with Gasteiger partial charge in [0.2, 0.25) is 0 Å². The number of urea groups is 1. The van der Waals surface area contributed by atoms with Crippen molar-refractivity contribution in [2.24, 2.45) is 11.2 Å². The molecule has 204 valence electrons. The van der Waals surface area contributed by atoms with Crippen LogP contribution in [-0.4, -0.2) is 145 Å². The third kappa shape index (κ3) is 6.75. The first-order chi connectivity index (χ1) is 16.5. The van der Waals surface area contributed by atoms with Crippen LogP contribution in [0.25, 0.3) is 0 Å². The second kappa shape index (κ2) is 13.3. The number of aliphatic hydroxyl groups excluding tert-OH is 7. The highest BCUT2D eigenvalue weighted by atomic mass is 35.5. The van der Waals surface area contributed by atoms with Gasteiger partial charge in [-0.3, -0.25) is 4.90 Å². The molecule has 0 radical (unpaired) electrons. The van der Waals surface area contributed by atoms with E-state index in [0.29, 0.717) is 5.01 Å². The van der Waals surface area contributed by atoms with Crippen LogP contribution in [0.1, 0.15) is 13.8 Å². The largest absolute Gasteiger partial charge is 0.394 e. The van der Waals surface area contributed by atoms with Crippen molar-refractivity contribution < 1.29 is 54.8 Å². The molecule has 0 aromatic carbocycles. The summed E-state index contributed by atoms with van der Waals surface area (Å²) in [5.41, 5.74) is 0. The van der Waals surface area contributed by atoms with E-state index in [1.165, 1.54) is 0 Å². The summed E-state index contributed by atoms with van der Waals surface area (Å²) in [5.74, 6) is -0.273. The van der Waals surface area contributed by atoms with Crippen molar-refractivity contribution in [3.63, 3.8) is 0 Å². The van der Waals surface area contributed by atoms with Gasteiger partial charge in [-0.05, 0) is 5.92 Å². The van der Waals surface area contributed by atoms with Gasteiger partial charge in [-0.25, -0.2) is 4.79 Å². The number of carbonyl (C=O) groups excluding carboxylic acids is 1. The van der Waals surface area contributed by atoms with Gasteiger partial charge >= 0.3 is 6.03 Å². The number of nitrogens with zero attached hydrogens (tertiary/aromatic N) is 3. The van der Waals surface area contributed by atoms with Gasteiger partial charge in [0.1, 0.15) is 48.8 Å². The molecule has 0 saturated carbocycles. The molecule has 7 N–H and O–H groups in total. The average Bonchev–Trinajstić information content (AvgIpc) is 2.83. The molecule has 0 aliphatic carbocycles. The number of nitroso groups, excluding NO2 is 1. The lowest BCUT2D eigenvalue weighted by molar-refractivity contribution is -0.347. The van der Waals surface area contributed by atoms with Gasteiger partial charge in [-0.15, -0.1) is 16.5 Å². The normalized spacial score (nSPS) is 37.8. The predicted molar refractivity (Wildman–Crippen MR) is 117 cm³/mol. The fourth-order valence-electron chi connectivity index (χ4n) is 3.91. The lowest BCUT2D eigenvalue weighted by Gasteiger charge is -2.48. The average molecular weight is 532 g/mol. The van der Waals surface area contributed by atoms with Crippen molar-refractivity contribution in [1.29, 1.82) is 0 Å². The number of amides is 2. The quantitative estimate of drug-likeness (QED) is 0.0846. The molecular weight excluding hydrogens is 498 g/mol. The number of ether oxygens (including phenoxy) is 3. The summed E-state index contributed by atoms with van der Waals surface area (Å²) >= 11 is 5.61. The van der Waals surface area contributed by atoms with Crippen LogP contribution < -0.4 is 0 Å². The van der Waals surface area contributed by atoms with E-state index in [1.54, 1.807) is 13.8 Å². The minimum atomic E-state index is -1.82. The van der Waals surface area contributed by atoms with Crippen molar-refractivity contribution in [2.45, 2.75) is 75.2 Å². The minimum absolute atomic E-state index is 0.0298. The van der Waals surface area contributed by atoms with E-state index >= 15 is 0 Å². The van der Waals surface area contributed by atoms with Crippen LogP contribution in [0.4, 0.5) is 4.79 Å². The van der Waals surface area contributed by atoms with Crippen molar-refractivity contribution in [3.05, 3.63) is 4.91 Å². The molecule has 15 nitrogen and oxygen atoms in total. The molecule has 2 aliphatic rings. The highest BCUT2D eigenvalue weighted by Crippen LogP contribution is 2.31. The Morgan fingerprint density at radius 3 is 2.11 bits per heavy atom. The zero-order valence-corrected chi connectivity index (χ0v) is 20.0. The van der Waals surface area contributed by atoms with Crippen molar-refractivity contribution >= 4 is 17.6 Å². The third-order valence-electron chi connectivity index (χ3n) is 5.71. The van der Waals surface area contributed by atoms with Crippen LogP contribution >= 0.6 is 11.6 Å². The monoisotopic (exact) mass is 531 g/mol. The molecule has 35 heavy (non-hydrogen) atoms. The topological polar surface area (TPSA) is 222 Å². The van der Waals surface area contributed by atoms with Crippen LogP contribution in [0.2, 0.25) is 0 Å². The van der Waals surface area contributed by atoms with E-state index in [9.17, 15) is 45.4 Å². The summed E-state index contributed by atoms with van der Waals surface area (Å²) in [4.78, 5) is 25.0. The first kappa shape index (κ1) is 30.0. The molecule has 0 unspecified atom stereocenters. The minimum Gasteiger partial charge on any atom is -0.394 e. The van der Waals surface area contributed by atoms with Gasteiger partial charge in [0.05, 0.1) is 25.0 Å². The first-order valence-electron chi connectivity index (χ1n) is 11.1. The molecule has 2 heterocycles. The number of hydrogen-bond acceptors (Lipinski definition) is 13. The zero-order chi connectivity index (χ0) is 26.4. The SMILES string of the molecule is CC(C)CN(C(=O)N(CCCl)N=O)[C@@H]1O[C@H](CO)[C@@H](O[C@H]2O[C@H](CO)[C@@H](O)[C@H](O)[C@H]2O)[C@H](O)[C@H]1O. The van der Waals surface area contributed by atoms with Crippen molar-refractivity contribution in [2.75, 3.05) is 32.2 Å². The van der Waals surface area contributed by atoms with E-state index in [0.717, 1.165) is 4.90 Å². The molecule has 16 heteroatoms. The Kier molecular flexibility index (Phi) is 11.4. The van der Waals surface area contributed by atoms with Crippen LogP contribution in [0.5, 0.6) is 0 Å². The fraction of sp³-hybridized carbons (Fsp3) is 0.947. The van der Waals surface area contributed by atoms with Gasteiger partial charge < -0.3 is 50.0 Å². The van der Waals surface area contributed by atoms with Gasteiger partial charge in [-0.1, -0.05) is 13.8 Å². The summed E-state index contributed by atoms with van der Waals surface area (Å²) in [6, 6.07) is -0.949. The third-order valence-corrected chi connectivity index (χ3v) is 5.88. The number of alkyl halides is 1. The highest BCUT2D eigenvalue weighted by Gasteiger charge is 2.52. The highest BCUT2D eigenvalue weighted by molar-refractivity contribution is 6.18. The maximum atomic E-state index is 12.9. The Bertz CT molecular complexity index is 689. The fourth-order valence-corrected chi connectivity index (χ4v) is 4.07. The van der Waals surface area contributed by atoms with Crippen LogP contribution in [0.15, 0.2) is 5.29 Å². The number of carbonyl (C=O) groups is 1. The van der Waals surface area contributed by atoms with E-state index in [2.05, 4.69) is 5.29 Å². The molecule has 10 atom stereocenters. The van der Waals surface area contributed by atoms with Gasteiger partial charge in [0.15, 0.2) is 12.5 Å². The Hall–Kier alpha value is -1.24. The lowest BCUT2D eigenvalue weighted by atomic mass is 9.96. The van der Waals surface area contributed by atoms with Gasteiger partial charge in [0.25, 0.3) is 0 Å². The molecule has 0 aromatic rings. The number of rotatable bonds is 10. The standard InChI is InChI=1S/C19H34ClN3O12/c1-8(2)5-22(19(31)23(21-32)4-3-20)17-14(29)13(28)16(10(7-25)33-17)35-18-15(30)12(27)11(26)9(6-24)34-18/h8-18,24-30H,3-7H2,1-2H3/t9-,10-,11-,12+,13-,14-,15-,16-,17-,18-/m1/s1. The maximum Gasteiger partial charge on any atom is 0.345 e. The van der Waals surface area contributed by atoms with Crippen LogP contribution in [-0.2, 0) is 14.2 Å². The summed E-state index contributed by atoms with van der Waals surface area (Å²) < 4.78 is 16.4. The molecule has 2 amide bonds. The second-order valence-corrected chi connectivity index (χ2v) is 9.13. The molecule has 0 bridgehead atoms. The van der Waals surface area contributed by atoms with Crippen LogP contribution in [0, 0.1) is 10.8 Å². The predicted octanol–water partition coefficient (Wildman–Crippen LogP) is -3.09. The molecular formula is C19H34ClN3O12. The maximum absolute atomic E-state index is 12.9. The molecule has 0 aromatic heterocycles. The van der Waals surface area contributed by atoms with E-state index in [1.807, 2.05) is 0 Å². The van der Waals surface area contributed by atoms with Crippen LogP contribution in [0.3, 0.4) is 0 Å². The number of hydrogen-bond donors (Lipinski definition) is 7. The van der Waals surface area contributed by atoms with E-state index in [-0.39, 0.29) is 24.9 Å². The molecule has 0 spiro atoms. The molecule has 2 rings (SSSR count). The molecule has 2 saturated heterocycles. The molecule has 2 aliphatic heterocycles. The summed E-state index contributed by atoms with van der Waals surface area (Å²) in [5, 5.41) is 74.1. The second-order valence-electron chi connectivity index (χ2n) is 8.75. The van der Waals surface area contributed by atoms with Crippen molar-refractivity contribution in [1.82, 2.24) is 9.91 Å². The Morgan fingerprint density at radius 2 is 1.60 bits per heavy atom. The smallest absolute Gasteiger partial charge is 0.345 e. The van der Waals surface area contributed by atoms with Crippen molar-refractivity contribution in [3.8, 4) is 0 Å². The first-order valence-corrected chi connectivity index (χ1v) is 11.6. The Balaban J connectivity index is 2.27. The summed E-state index contributed by atoms with van der Waals surface area (Å²) in [6.07, 6.45) is -16.3. The Labute approximate surface area is 206 Å². The summed E-state index contributed by atoms with van der Waals surface area (Å²) in [6.45, 7) is 1.75. The zero-order valence-electron chi connectivity index (χ0n) is 19.3. The lowest BCUT2D eigenvalue weighted by Crippen LogP contribution is -2.67. The Morgan fingerprint density at radius 1 is 0.971 bits per heavy atom.